The first-order chi connectivity index (χ1) is 9.81. The van der Waals surface area contributed by atoms with Gasteiger partial charge in [-0.3, -0.25) is 4.79 Å². The third kappa shape index (κ3) is 7.27. The van der Waals surface area contributed by atoms with Gasteiger partial charge in [0, 0.05) is 17.9 Å². The Morgan fingerprint density at radius 2 is 2.00 bits per heavy atom. The van der Waals surface area contributed by atoms with E-state index in [1.807, 2.05) is 6.92 Å². The van der Waals surface area contributed by atoms with Gasteiger partial charge in [0.15, 0.2) is 9.84 Å². The second-order valence-corrected chi connectivity index (χ2v) is 7.78. The molecule has 1 aromatic carbocycles. The van der Waals surface area contributed by atoms with Crippen LogP contribution in [0.1, 0.15) is 55.5 Å². The molecule has 1 aromatic rings. The van der Waals surface area contributed by atoms with E-state index in [2.05, 4.69) is 12.2 Å². The number of carbonyl (C=O) groups excluding carboxylic acids is 1. The van der Waals surface area contributed by atoms with Crippen LogP contribution in [-0.4, -0.2) is 26.6 Å². The zero-order valence-corrected chi connectivity index (χ0v) is 13.9. The number of unbranched alkanes of at least 4 members (excludes halogenated alkanes) is 2. The summed E-state index contributed by atoms with van der Waals surface area (Å²) in [4.78, 5) is 12.1. The maximum Gasteiger partial charge on any atom is 0.251 e. The van der Waals surface area contributed by atoms with E-state index >= 15 is 0 Å². The zero-order valence-electron chi connectivity index (χ0n) is 13.1. The molecule has 0 bridgehead atoms. The molecule has 4 nitrogen and oxygen atoms in total. The van der Waals surface area contributed by atoms with E-state index in [9.17, 15) is 13.2 Å². The summed E-state index contributed by atoms with van der Waals surface area (Å²) in [6.45, 7) is 4.14. The predicted octanol–water partition coefficient (Wildman–Crippen LogP) is 2.93. The van der Waals surface area contributed by atoms with Crippen LogP contribution in [-0.2, 0) is 15.6 Å². The summed E-state index contributed by atoms with van der Waals surface area (Å²) in [5.74, 6) is -0.186. The molecule has 0 saturated carbocycles. The second-order valence-electron chi connectivity index (χ2n) is 5.64. The molecule has 118 valence electrons. The van der Waals surface area contributed by atoms with Crippen LogP contribution in [0.25, 0.3) is 0 Å². The molecule has 0 aliphatic carbocycles. The van der Waals surface area contributed by atoms with E-state index in [1.54, 1.807) is 24.3 Å². The van der Waals surface area contributed by atoms with Crippen molar-refractivity contribution in [3.63, 3.8) is 0 Å². The van der Waals surface area contributed by atoms with E-state index in [0.717, 1.165) is 19.3 Å². The maximum absolute atomic E-state index is 12.1. The Labute approximate surface area is 127 Å². The first-order valence-corrected chi connectivity index (χ1v) is 9.45. The zero-order chi connectivity index (χ0) is 15.9. The van der Waals surface area contributed by atoms with Crippen molar-refractivity contribution in [2.75, 3.05) is 6.26 Å². The van der Waals surface area contributed by atoms with Crippen LogP contribution in [0.4, 0.5) is 0 Å². The number of rotatable bonds is 8. The molecule has 0 spiro atoms. The molecule has 21 heavy (non-hydrogen) atoms. The Hall–Kier alpha value is -1.36. The van der Waals surface area contributed by atoms with Crippen molar-refractivity contribution < 1.29 is 13.2 Å². The second kappa shape index (κ2) is 8.17. The highest BCUT2D eigenvalue weighted by molar-refractivity contribution is 7.89. The van der Waals surface area contributed by atoms with Crippen LogP contribution in [0.15, 0.2) is 24.3 Å². The van der Waals surface area contributed by atoms with Crippen LogP contribution in [0.3, 0.4) is 0 Å². The lowest BCUT2D eigenvalue weighted by molar-refractivity contribution is 0.0938. The SMILES string of the molecule is CCCCCC(C)NC(=O)c1cccc(CS(C)(=O)=O)c1. The van der Waals surface area contributed by atoms with E-state index in [-0.39, 0.29) is 17.7 Å². The summed E-state index contributed by atoms with van der Waals surface area (Å²) in [5.41, 5.74) is 1.15. The number of benzene rings is 1. The van der Waals surface area contributed by atoms with Gasteiger partial charge in [-0.25, -0.2) is 8.42 Å². The number of carbonyl (C=O) groups is 1. The molecular formula is C16H25NO3S. The fourth-order valence-electron chi connectivity index (χ4n) is 2.18. The van der Waals surface area contributed by atoms with Gasteiger partial charge in [0.2, 0.25) is 0 Å². The minimum absolute atomic E-state index is 0.0415. The Kier molecular flexibility index (Phi) is 6.89. The van der Waals surface area contributed by atoms with E-state index in [4.69, 9.17) is 0 Å². The van der Waals surface area contributed by atoms with Crippen molar-refractivity contribution in [2.24, 2.45) is 0 Å². The van der Waals surface area contributed by atoms with E-state index in [0.29, 0.717) is 11.1 Å². The van der Waals surface area contributed by atoms with Crippen LogP contribution in [0, 0.1) is 0 Å². The van der Waals surface area contributed by atoms with E-state index < -0.39 is 9.84 Å². The number of nitrogens with one attached hydrogen (secondary N) is 1. The highest BCUT2D eigenvalue weighted by Crippen LogP contribution is 2.10. The summed E-state index contributed by atoms with van der Waals surface area (Å²) in [5, 5.41) is 2.96. The van der Waals surface area contributed by atoms with Crippen molar-refractivity contribution in [1.82, 2.24) is 5.32 Å². The third-order valence-corrected chi connectivity index (χ3v) is 4.09. The first kappa shape index (κ1) is 17.7. The standard InChI is InChI=1S/C16H25NO3S/c1-4-5-6-8-13(2)17-16(18)15-10-7-9-14(11-15)12-21(3,19)20/h7,9-11,13H,4-6,8,12H2,1-3H3,(H,17,18). The third-order valence-electron chi connectivity index (χ3n) is 3.24. The molecule has 5 heteroatoms. The molecule has 1 unspecified atom stereocenters. The molecule has 1 atom stereocenters. The molecule has 0 radical (unpaired) electrons. The first-order valence-electron chi connectivity index (χ1n) is 7.39. The van der Waals surface area contributed by atoms with Gasteiger partial charge < -0.3 is 5.32 Å². The Morgan fingerprint density at radius 3 is 2.62 bits per heavy atom. The predicted molar refractivity (Wildman–Crippen MR) is 86.1 cm³/mol. The quantitative estimate of drug-likeness (QED) is 0.751. The topological polar surface area (TPSA) is 63.2 Å². The summed E-state index contributed by atoms with van der Waals surface area (Å²) in [6.07, 6.45) is 5.59. The van der Waals surface area contributed by atoms with Crippen LogP contribution < -0.4 is 5.32 Å². The van der Waals surface area contributed by atoms with Gasteiger partial charge in [0.1, 0.15) is 0 Å². The summed E-state index contributed by atoms with van der Waals surface area (Å²) in [6, 6.07) is 6.93. The average Bonchev–Trinajstić information content (AvgIpc) is 2.37. The lowest BCUT2D eigenvalue weighted by atomic mass is 10.1. The minimum Gasteiger partial charge on any atom is -0.350 e. The fraction of sp³-hybridized carbons (Fsp3) is 0.562. The monoisotopic (exact) mass is 311 g/mol. The number of hydrogen-bond donors (Lipinski definition) is 1. The molecule has 0 aliphatic rings. The van der Waals surface area contributed by atoms with Crippen molar-refractivity contribution in [1.29, 1.82) is 0 Å². The molecule has 1 amide bonds. The number of hydrogen-bond acceptors (Lipinski definition) is 3. The van der Waals surface area contributed by atoms with Gasteiger partial charge in [0.25, 0.3) is 5.91 Å². The Balaban J connectivity index is 2.64. The summed E-state index contributed by atoms with van der Waals surface area (Å²) in [7, 11) is -3.09. The maximum atomic E-state index is 12.1. The molecule has 0 aromatic heterocycles. The smallest absolute Gasteiger partial charge is 0.251 e. The minimum atomic E-state index is -3.09. The molecule has 1 N–H and O–H groups in total. The molecular weight excluding hydrogens is 286 g/mol. The largest absolute Gasteiger partial charge is 0.350 e. The van der Waals surface area contributed by atoms with E-state index in [1.165, 1.54) is 12.7 Å². The van der Waals surface area contributed by atoms with Crippen molar-refractivity contribution >= 4 is 15.7 Å². The molecule has 0 saturated heterocycles. The average molecular weight is 311 g/mol. The van der Waals surface area contributed by atoms with Crippen molar-refractivity contribution in [2.45, 2.75) is 51.3 Å². The van der Waals surface area contributed by atoms with Crippen LogP contribution in [0.5, 0.6) is 0 Å². The highest BCUT2D eigenvalue weighted by Gasteiger charge is 2.11. The highest BCUT2D eigenvalue weighted by atomic mass is 32.2. The number of amides is 1. The summed E-state index contributed by atoms with van der Waals surface area (Å²) >= 11 is 0. The molecule has 0 aliphatic heterocycles. The Morgan fingerprint density at radius 1 is 1.29 bits per heavy atom. The van der Waals surface area contributed by atoms with Gasteiger partial charge in [-0.2, -0.15) is 0 Å². The molecule has 1 rings (SSSR count). The van der Waals surface area contributed by atoms with Gasteiger partial charge >= 0.3 is 0 Å². The number of sulfone groups is 1. The lowest BCUT2D eigenvalue weighted by Crippen LogP contribution is -2.32. The van der Waals surface area contributed by atoms with Gasteiger partial charge in [-0.15, -0.1) is 0 Å². The summed E-state index contributed by atoms with van der Waals surface area (Å²) < 4.78 is 22.6. The van der Waals surface area contributed by atoms with Gasteiger partial charge in [0.05, 0.1) is 5.75 Å². The van der Waals surface area contributed by atoms with Crippen molar-refractivity contribution in [3.8, 4) is 0 Å². The van der Waals surface area contributed by atoms with Crippen LogP contribution >= 0.6 is 0 Å². The van der Waals surface area contributed by atoms with Crippen LogP contribution in [0.2, 0.25) is 0 Å². The normalized spacial score (nSPS) is 12.9. The lowest BCUT2D eigenvalue weighted by Gasteiger charge is -2.14. The fourth-order valence-corrected chi connectivity index (χ4v) is 2.97. The van der Waals surface area contributed by atoms with Crippen molar-refractivity contribution in [3.05, 3.63) is 35.4 Å². The Bertz CT molecular complexity index is 567. The van der Waals surface area contributed by atoms with Gasteiger partial charge in [-0.1, -0.05) is 38.3 Å². The molecule has 0 fully saturated rings. The van der Waals surface area contributed by atoms with Gasteiger partial charge in [-0.05, 0) is 31.0 Å². The molecule has 0 heterocycles.